The van der Waals surface area contributed by atoms with E-state index >= 15 is 0 Å². The number of hydrogen-bond donors (Lipinski definition) is 2. The van der Waals surface area contributed by atoms with Gasteiger partial charge in [0.25, 0.3) is 0 Å². The van der Waals surface area contributed by atoms with Crippen LogP contribution in [0.1, 0.15) is 29.7 Å². The highest BCUT2D eigenvalue weighted by Gasteiger charge is 2.15. The van der Waals surface area contributed by atoms with E-state index in [9.17, 15) is 0 Å². The van der Waals surface area contributed by atoms with Crippen molar-refractivity contribution in [2.75, 3.05) is 6.61 Å². The number of nitrogens with two attached hydrogens (primary N) is 1. The van der Waals surface area contributed by atoms with Gasteiger partial charge in [0, 0.05) is 5.02 Å². The summed E-state index contributed by atoms with van der Waals surface area (Å²) in [5, 5.41) is 0.727. The van der Waals surface area contributed by atoms with Crippen molar-refractivity contribution in [2.24, 2.45) is 5.84 Å². The van der Waals surface area contributed by atoms with Gasteiger partial charge in [-0.1, -0.05) is 29.8 Å². The highest BCUT2D eigenvalue weighted by atomic mass is 35.5. The molecule has 106 valence electrons. The van der Waals surface area contributed by atoms with E-state index in [-0.39, 0.29) is 6.04 Å². The van der Waals surface area contributed by atoms with Crippen LogP contribution < -0.4 is 16.0 Å². The van der Waals surface area contributed by atoms with Gasteiger partial charge in [-0.25, -0.2) is 5.43 Å². The lowest BCUT2D eigenvalue weighted by Gasteiger charge is -2.20. The molecule has 0 saturated heterocycles. The third-order valence-corrected chi connectivity index (χ3v) is 3.45. The number of hydrogen-bond acceptors (Lipinski definition) is 3. The predicted octanol–water partition coefficient (Wildman–Crippen LogP) is 3.60. The lowest BCUT2D eigenvalue weighted by molar-refractivity contribution is 0.339. The first kappa shape index (κ1) is 14.9. The molecule has 0 fully saturated rings. The maximum Gasteiger partial charge on any atom is 0.119 e. The SMILES string of the molecule is CCOc1cccc(C(NN)c2ccc(Cl)cc2C)c1. The summed E-state index contributed by atoms with van der Waals surface area (Å²) < 4.78 is 5.54. The zero-order valence-corrected chi connectivity index (χ0v) is 12.4. The van der Waals surface area contributed by atoms with Gasteiger partial charge in [-0.15, -0.1) is 0 Å². The summed E-state index contributed by atoms with van der Waals surface area (Å²) in [5.41, 5.74) is 6.13. The van der Waals surface area contributed by atoms with E-state index in [1.807, 2.05) is 56.3 Å². The van der Waals surface area contributed by atoms with Crippen molar-refractivity contribution in [1.29, 1.82) is 0 Å². The Bertz CT molecular complexity index is 586. The van der Waals surface area contributed by atoms with Crippen molar-refractivity contribution in [3.8, 4) is 5.75 Å². The zero-order chi connectivity index (χ0) is 14.5. The largest absolute Gasteiger partial charge is 0.494 e. The first-order valence-electron chi connectivity index (χ1n) is 6.60. The van der Waals surface area contributed by atoms with Crippen LogP contribution in [0.2, 0.25) is 5.02 Å². The fraction of sp³-hybridized carbons (Fsp3) is 0.250. The van der Waals surface area contributed by atoms with Gasteiger partial charge in [0.15, 0.2) is 0 Å². The average molecular weight is 291 g/mol. The second-order valence-electron chi connectivity index (χ2n) is 4.61. The van der Waals surface area contributed by atoms with E-state index in [0.717, 1.165) is 27.5 Å². The smallest absolute Gasteiger partial charge is 0.119 e. The number of rotatable bonds is 5. The second kappa shape index (κ2) is 6.75. The Morgan fingerprint density at radius 1 is 1.25 bits per heavy atom. The summed E-state index contributed by atoms with van der Waals surface area (Å²) in [7, 11) is 0. The molecule has 2 aromatic carbocycles. The van der Waals surface area contributed by atoms with Gasteiger partial charge in [-0.05, 0) is 54.8 Å². The Hall–Kier alpha value is -1.55. The molecule has 0 aliphatic carbocycles. The summed E-state index contributed by atoms with van der Waals surface area (Å²) in [4.78, 5) is 0. The molecular formula is C16H19ClN2O. The molecule has 3 N–H and O–H groups in total. The van der Waals surface area contributed by atoms with Gasteiger partial charge in [0.2, 0.25) is 0 Å². The van der Waals surface area contributed by atoms with Crippen molar-refractivity contribution in [3.05, 3.63) is 64.2 Å². The van der Waals surface area contributed by atoms with E-state index in [1.54, 1.807) is 0 Å². The first-order chi connectivity index (χ1) is 9.65. The molecule has 1 unspecified atom stereocenters. The normalized spacial score (nSPS) is 12.2. The number of ether oxygens (including phenoxy) is 1. The van der Waals surface area contributed by atoms with Gasteiger partial charge in [0.1, 0.15) is 5.75 Å². The molecule has 0 spiro atoms. The van der Waals surface area contributed by atoms with Crippen molar-refractivity contribution >= 4 is 11.6 Å². The average Bonchev–Trinajstić information content (AvgIpc) is 2.43. The molecule has 2 aromatic rings. The monoisotopic (exact) mass is 290 g/mol. The number of benzene rings is 2. The topological polar surface area (TPSA) is 47.3 Å². The highest BCUT2D eigenvalue weighted by molar-refractivity contribution is 6.30. The highest BCUT2D eigenvalue weighted by Crippen LogP contribution is 2.28. The minimum Gasteiger partial charge on any atom is -0.494 e. The molecule has 0 aliphatic rings. The van der Waals surface area contributed by atoms with Gasteiger partial charge in [-0.2, -0.15) is 0 Å². The molecule has 20 heavy (non-hydrogen) atoms. The zero-order valence-electron chi connectivity index (χ0n) is 11.7. The maximum atomic E-state index is 6.01. The van der Waals surface area contributed by atoms with Crippen LogP contribution in [0.15, 0.2) is 42.5 Å². The van der Waals surface area contributed by atoms with E-state index in [0.29, 0.717) is 6.61 Å². The maximum absolute atomic E-state index is 6.01. The van der Waals surface area contributed by atoms with Gasteiger partial charge < -0.3 is 4.74 Å². The fourth-order valence-electron chi connectivity index (χ4n) is 2.28. The van der Waals surface area contributed by atoms with Crippen LogP contribution in [0.3, 0.4) is 0 Å². The third-order valence-electron chi connectivity index (χ3n) is 3.21. The Balaban J connectivity index is 2.38. The van der Waals surface area contributed by atoms with E-state index in [2.05, 4.69) is 5.43 Å². The van der Waals surface area contributed by atoms with Crippen molar-refractivity contribution in [3.63, 3.8) is 0 Å². The summed E-state index contributed by atoms with van der Waals surface area (Å²) in [6.45, 7) is 4.64. The minimum absolute atomic E-state index is 0.0901. The molecule has 0 saturated carbocycles. The quantitative estimate of drug-likeness (QED) is 0.653. The van der Waals surface area contributed by atoms with E-state index in [1.165, 1.54) is 0 Å². The van der Waals surface area contributed by atoms with E-state index < -0.39 is 0 Å². The van der Waals surface area contributed by atoms with Gasteiger partial charge >= 0.3 is 0 Å². The first-order valence-corrected chi connectivity index (χ1v) is 6.98. The standard InChI is InChI=1S/C16H19ClN2O/c1-3-20-14-6-4-5-12(10-14)16(19-18)15-8-7-13(17)9-11(15)2/h4-10,16,19H,3,18H2,1-2H3. The summed E-state index contributed by atoms with van der Waals surface area (Å²) in [5.74, 6) is 6.59. The summed E-state index contributed by atoms with van der Waals surface area (Å²) >= 11 is 6.01. The van der Waals surface area contributed by atoms with Crippen LogP contribution >= 0.6 is 11.6 Å². The molecule has 0 heterocycles. The van der Waals surface area contributed by atoms with Crippen LogP contribution in [-0.4, -0.2) is 6.61 Å². The lowest BCUT2D eigenvalue weighted by Crippen LogP contribution is -2.29. The fourth-order valence-corrected chi connectivity index (χ4v) is 2.51. The Morgan fingerprint density at radius 2 is 2.05 bits per heavy atom. The molecule has 0 aliphatic heterocycles. The van der Waals surface area contributed by atoms with Crippen LogP contribution in [0, 0.1) is 6.92 Å². The number of hydrazine groups is 1. The van der Waals surface area contributed by atoms with Crippen LogP contribution in [0.25, 0.3) is 0 Å². The van der Waals surface area contributed by atoms with Gasteiger partial charge in [0.05, 0.1) is 12.6 Å². The number of halogens is 1. The second-order valence-corrected chi connectivity index (χ2v) is 5.04. The van der Waals surface area contributed by atoms with Crippen molar-refractivity contribution in [1.82, 2.24) is 5.43 Å². The van der Waals surface area contributed by atoms with Crippen LogP contribution in [0.5, 0.6) is 5.75 Å². The lowest BCUT2D eigenvalue weighted by atomic mass is 9.95. The predicted molar refractivity (Wildman–Crippen MR) is 83.0 cm³/mol. The Kier molecular flexibility index (Phi) is 5.01. The minimum atomic E-state index is -0.0901. The number of aryl methyl sites for hydroxylation is 1. The Labute approximate surface area is 124 Å². The molecule has 3 nitrogen and oxygen atoms in total. The molecule has 0 amide bonds. The Morgan fingerprint density at radius 3 is 2.70 bits per heavy atom. The molecule has 2 rings (SSSR count). The molecule has 0 aromatic heterocycles. The van der Waals surface area contributed by atoms with Crippen LogP contribution in [-0.2, 0) is 0 Å². The van der Waals surface area contributed by atoms with E-state index in [4.69, 9.17) is 22.2 Å². The molecule has 1 atom stereocenters. The summed E-state index contributed by atoms with van der Waals surface area (Å²) in [6.07, 6.45) is 0. The number of nitrogens with one attached hydrogen (secondary N) is 1. The molecular weight excluding hydrogens is 272 g/mol. The van der Waals surface area contributed by atoms with Crippen molar-refractivity contribution < 1.29 is 4.74 Å². The summed E-state index contributed by atoms with van der Waals surface area (Å²) in [6, 6.07) is 13.7. The van der Waals surface area contributed by atoms with Gasteiger partial charge in [-0.3, -0.25) is 5.84 Å². The van der Waals surface area contributed by atoms with Crippen molar-refractivity contribution in [2.45, 2.75) is 19.9 Å². The molecule has 0 bridgehead atoms. The molecule has 0 radical (unpaired) electrons. The third kappa shape index (κ3) is 3.31. The van der Waals surface area contributed by atoms with Crippen LogP contribution in [0.4, 0.5) is 0 Å². The molecule has 4 heteroatoms.